The van der Waals surface area contributed by atoms with Crippen LogP contribution in [0.5, 0.6) is 0 Å². The normalized spacial score (nSPS) is 15.0. The Balaban J connectivity index is 1.82. The van der Waals surface area contributed by atoms with Crippen molar-refractivity contribution in [3.05, 3.63) is 43.3 Å². The van der Waals surface area contributed by atoms with E-state index in [0.29, 0.717) is 12.4 Å². The number of hydrogen-bond acceptors (Lipinski definition) is 8. The zero-order valence-corrected chi connectivity index (χ0v) is 15.3. The Morgan fingerprint density at radius 3 is 2.92 bits per heavy atom. The summed E-state index contributed by atoms with van der Waals surface area (Å²) in [5.41, 5.74) is 4.70. The number of allylic oxidation sites excluding steroid dienone is 1. The molecule has 0 saturated heterocycles. The summed E-state index contributed by atoms with van der Waals surface area (Å²) in [5.74, 6) is 1.56. The summed E-state index contributed by atoms with van der Waals surface area (Å²) in [4.78, 5) is 11.1. The summed E-state index contributed by atoms with van der Waals surface area (Å²) in [6.45, 7) is 9.92. The largest absolute Gasteiger partial charge is 0.383 e. The van der Waals surface area contributed by atoms with Gasteiger partial charge in [-0.2, -0.15) is 0 Å². The van der Waals surface area contributed by atoms with Crippen LogP contribution < -0.4 is 15.3 Å². The topological polar surface area (TPSA) is 84.2 Å². The molecule has 0 aliphatic carbocycles. The fourth-order valence-corrected chi connectivity index (χ4v) is 2.89. The maximum absolute atomic E-state index is 5.31. The lowest BCUT2D eigenvalue weighted by atomic mass is 10.2. The molecule has 0 spiro atoms. The Hall–Kier alpha value is -2.94. The molecule has 1 aliphatic rings. The molecule has 1 aliphatic heterocycles. The van der Waals surface area contributed by atoms with Crippen LogP contribution >= 0.6 is 0 Å². The number of nitrogens with zero attached hydrogens (tertiary/aromatic N) is 7. The quantitative estimate of drug-likeness (QED) is 0.764. The predicted molar refractivity (Wildman–Crippen MR) is 100 cm³/mol. The molecule has 0 radical (unpaired) electrons. The molecule has 1 N–H and O–H groups in total. The molecule has 0 saturated carbocycles. The lowest BCUT2D eigenvalue weighted by molar-refractivity contribution is 0.181. The first-order chi connectivity index (χ1) is 12.7. The van der Waals surface area contributed by atoms with Crippen LogP contribution in [0.4, 0.5) is 11.6 Å². The Bertz CT molecular complexity index is 773. The van der Waals surface area contributed by atoms with Gasteiger partial charge in [0.2, 0.25) is 0 Å². The van der Waals surface area contributed by atoms with Crippen molar-refractivity contribution in [2.24, 2.45) is 0 Å². The number of hydrazine groups is 1. The second-order valence-corrected chi connectivity index (χ2v) is 6.02. The molecular weight excluding hydrogens is 332 g/mol. The van der Waals surface area contributed by atoms with Crippen molar-refractivity contribution in [3.8, 4) is 0 Å². The predicted octanol–water partition coefficient (Wildman–Crippen LogP) is 1.66. The summed E-state index contributed by atoms with van der Waals surface area (Å²) in [6.07, 6.45) is 7.79. The monoisotopic (exact) mass is 356 g/mol. The zero-order chi connectivity index (χ0) is 18.5. The van der Waals surface area contributed by atoms with Crippen molar-refractivity contribution >= 4 is 17.3 Å². The van der Waals surface area contributed by atoms with E-state index in [2.05, 4.69) is 51.0 Å². The van der Waals surface area contributed by atoms with E-state index in [1.165, 1.54) is 0 Å². The van der Waals surface area contributed by atoms with Crippen LogP contribution in [0.15, 0.2) is 43.3 Å². The fourth-order valence-electron chi connectivity index (χ4n) is 2.89. The van der Waals surface area contributed by atoms with Gasteiger partial charge in [0.15, 0.2) is 5.82 Å². The third-order valence-corrected chi connectivity index (χ3v) is 4.13. The first-order valence-corrected chi connectivity index (χ1v) is 8.55. The summed E-state index contributed by atoms with van der Waals surface area (Å²) in [6, 6.07) is 2.15. The fraction of sp³-hybridized carbons (Fsp3) is 0.412. The highest BCUT2D eigenvalue weighted by Crippen LogP contribution is 2.27. The van der Waals surface area contributed by atoms with Crippen LogP contribution in [-0.2, 0) is 4.74 Å². The Morgan fingerprint density at radius 2 is 2.23 bits per heavy atom. The average molecular weight is 356 g/mol. The number of anilines is 2. The molecule has 3 rings (SSSR count). The maximum Gasteiger partial charge on any atom is 0.157 e. The van der Waals surface area contributed by atoms with Crippen LogP contribution in [0.25, 0.3) is 5.70 Å². The molecule has 1 atom stereocenters. The molecule has 3 heterocycles. The number of nitrogens with one attached hydrogen (secondary N) is 1. The van der Waals surface area contributed by atoms with Crippen molar-refractivity contribution in [2.45, 2.75) is 26.3 Å². The van der Waals surface area contributed by atoms with Crippen molar-refractivity contribution in [1.29, 1.82) is 0 Å². The Labute approximate surface area is 153 Å². The van der Waals surface area contributed by atoms with Crippen molar-refractivity contribution in [2.75, 3.05) is 30.2 Å². The second kappa shape index (κ2) is 7.96. The van der Waals surface area contributed by atoms with Crippen LogP contribution in [0, 0.1) is 0 Å². The van der Waals surface area contributed by atoms with E-state index >= 15 is 0 Å². The SMILES string of the molecule is C=C1C(n2ccnn2)=CNN1c1cc(N(CCC)[C@H](C)COC)ncn1. The third kappa shape index (κ3) is 3.52. The van der Waals surface area contributed by atoms with Crippen molar-refractivity contribution in [1.82, 2.24) is 30.4 Å². The van der Waals surface area contributed by atoms with E-state index in [4.69, 9.17) is 4.74 Å². The van der Waals surface area contributed by atoms with Gasteiger partial charge < -0.3 is 9.64 Å². The van der Waals surface area contributed by atoms with E-state index in [-0.39, 0.29) is 6.04 Å². The van der Waals surface area contributed by atoms with E-state index in [9.17, 15) is 0 Å². The third-order valence-electron chi connectivity index (χ3n) is 4.13. The number of methoxy groups -OCH3 is 1. The van der Waals surface area contributed by atoms with Gasteiger partial charge in [0.1, 0.15) is 17.8 Å². The number of rotatable bonds is 8. The van der Waals surface area contributed by atoms with E-state index in [1.807, 2.05) is 12.3 Å². The van der Waals surface area contributed by atoms with E-state index < -0.39 is 0 Å². The van der Waals surface area contributed by atoms with Gasteiger partial charge in [-0.15, -0.1) is 5.10 Å². The van der Waals surface area contributed by atoms with Crippen molar-refractivity contribution in [3.63, 3.8) is 0 Å². The molecule has 26 heavy (non-hydrogen) atoms. The van der Waals surface area contributed by atoms with Crippen LogP contribution in [0.3, 0.4) is 0 Å². The van der Waals surface area contributed by atoms with Gasteiger partial charge in [-0.3, -0.25) is 5.43 Å². The number of aromatic nitrogens is 5. The summed E-state index contributed by atoms with van der Waals surface area (Å²) >= 11 is 0. The smallest absolute Gasteiger partial charge is 0.157 e. The minimum atomic E-state index is 0.210. The number of ether oxygens (including phenoxy) is 1. The van der Waals surface area contributed by atoms with Crippen LogP contribution in [0.2, 0.25) is 0 Å². The molecule has 0 bridgehead atoms. The van der Waals surface area contributed by atoms with Gasteiger partial charge in [0.05, 0.1) is 30.7 Å². The molecule has 0 aromatic carbocycles. The highest BCUT2D eigenvalue weighted by atomic mass is 16.5. The molecule has 2 aromatic heterocycles. The summed E-state index contributed by atoms with van der Waals surface area (Å²) < 4.78 is 6.96. The molecule has 9 nitrogen and oxygen atoms in total. The second-order valence-electron chi connectivity index (χ2n) is 6.02. The zero-order valence-electron chi connectivity index (χ0n) is 15.3. The van der Waals surface area contributed by atoms with E-state index in [1.54, 1.807) is 35.5 Å². The van der Waals surface area contributed by atoms with E-state index in [0.717, 1.165) is 30.2 Å². The molecule has 9 heteroatoms. The van der Waals surface area contributed by atoms with Crippen molar-refractivity contribution < 1.29 is 4.74 Å². The molecule has 138 valence electrons. The lowest BCUT2D eigenvalue weighted by Gasteiger charge is -2.30. The standard InChI is InChI=1S/C17H24N8O/c1-5-7-23(13(2)11-26-4)16-9-17(19-12-18-16)25-14(3)15(10-21-25)24-8-6-20-22-24/h6,8-10,12-13,21H,3,5,7,11H2,1-2,4H3/t13-/m1/s1. The Kier molecular flexibility index (Phi) is 5.47. The van der Waals surface area contributed by atoms with Gasteiger partial charge in [-0.05, 0) is 13.3 Å². The summed E-state index contributed by atoms with van der Waals surface area (Å²) in [7, 11) is 1.71. The van der Waals surface area contributed by atoms with Gasteiger partial charge in [-0.25, -0.2) is 19.7 Å². The Morgan fingerprint density at radius 1 is 1.38 bits per heavy atom. The van der Waals surface area contributed by atoms with Gasteiger partial charge in [-0.1, -0.05) is 18.7 Å². The highest BCUT2D eigenvalue weighted by Gasteiger charge is 2.24. The lowest BCUT2D eigenvalue weighted by Crippen LogP contribution is -2.38. The number of hydrogen-bond donors (Lipinski definition) is 1. The van der Waals surface area contributed by atoms with Gasteiger partial charge in [0, 0.05) is 25.9 Å². The minimum absolute atomic E-state index is 0.210. The van der Waals surface area contributed by atoms with Crippen LogP contribution in [0.1, 0.15) is 20.3 Å². The van der Waals surface area contributed by atoms with Gasteiger partial charge >= 0.3 is 0 Å². The summed E-state index contributed by atoms with van der Waals surface area (Å²) in [5, 5.41) is 9.64. The van der Waals surface area contributed by atoms with Gasteiger partial charge in [0.25, 0.3) is 0 Å². The maximum atomic E-state index is 5.31. The van der Waals surface area contributed by atoms with Crippen LogP contribution in [-0.4, -0.2) is 51.3 Å². The molecule has 0 fully saturated rings. The highest BCUT2D eigenvalue weighted by molar-refractivity contribution is 5.73. The first-order valence-electron chi connectivity index (χ1n) is 8.55. The average Bonchev–Trinajstić information content (AvgIpc) is 3.29. The first kappa shape index (κ1) is 17.9. The molecule has 0 unspecified atom stereocenters. The molecular formula is C17H24N8O. The molecule has 0 amide bonds. The molecule has 2 aromatic rings. The minimum Gasteiger partial charge on any atom is -0.383 e.